The Bertz CT molecular complexity index is 334. The summed E-state index contributed by atoms with van der Waals surface area (Å²) in [6.45, 7) is 9.71. The molecule has 1 aromatic rings. The Balaban J connectivity index is 3.14. The van der Waals surface area contributed by atoms with Crippen LogP contribution >= 0.6 is 0 Å². The van der Waals surface area contributed by atoms with E-state index < -0.39 is 0 Å². The van der Waals surface area contributed by atoms with E-state index in [2.05, 4.69) is 0 Å². The highest BCUT2D eigenvalue weighted by Gasteiger charge is 2.14. The van der Waals surface area contributed by atoms with E-state index in [0.29, 0.717) is 25.6 Å². The molecule has 0 aliphatic carbocycles. The molecule has 0 spiro atoms. The second kappa shape index (κ2) is 6.26. The van der Waals surface area contributed by atoms with Crippen LogP contribution in [0.25, 0.3) is 0 Å². The maximum Gasteiger partial charge on any atom is 0.203 e. The summed E-state index contributed by atoms with van der Waals surface area (Å²) >= 11 is 0. The fourth-order valence-corrected chi connectivity index (χ4v) is 1.52. The van der Waals surface area contributed by atoms with Crippen molar-refractivity contribution in [1.29, 1.82) is 0 Å². The Hall–Kier alpha value is -1.38. The van der Waals surface area contributed by atoms with Crippen molar-refractivity contribution in [2.24, 2.45) is 0 Å². The smallest absolute Gasteiger partial charge is 0.203 e. The minimum absolute atomic E-state index is 0.601. The molecule has 0 radical (unpaired) electrons. The number of ether oxygens (including phenoxy) is 3. The molecule has 0 saturated carbocycles. The van der Waals surface area contributed by atoms with Crippen LogP contribution in [0.5, 0.6) is 17.2 Å². The molecule has 0 atom stereocenters. The van der Waals surface area contributed by atoms with Crippen molar-refractivity contribution in [3.8, 4) is 17.2 Å². The zero-order valence-corrected chi connectivity index (χ0v) is 10.5. The molecule has 0 amide bonds. The van der Waals surface area contributed by atoms with E-state index in [1.807, 2.05) is 39.8 Å². The van der Waals surface area contributed by atoms with Crippen LogP contribution in [0.2, 0.25) is 0 Å². The van der Waals surface area contributed by atoms with Crippen LogP contribution in [-0.4, -0.2) is 19.8 Å². The first-order chi connectivity index (χ1) is 7.74. The van der Waals surface area contributed by atoms with Gasteiger partial charge in [-0.1, -0.05) is 6.07 Å². The monoisotopic (exact) mass is 224 g/mol. The van der Waals surface area contributed by atoms with Crippen molar-refractivity contribution < 1.29 is 14.2 Å². The predicted molar refractivity (Wildman–Crippen MR) is 64.7 cm³/mol. The third-order valence-corrected chi connectivity index (χ3v) is 2.15. The zero-order chi connectivity index (χ0) is 12.0. The van der Waals surface area contributed by atoms with Crippen molar-refractivity contribution in [3.63, 3.8) is 0 Å². The highest BCUT2D eigenvalue weighted by atomic mass is 16.5. The number of hydrogen-bond donors (Lipinski definition) is 0. The standard InChI is InChI=1S/C13H20O3/c1-5-14-11-9-8-10(4)12(15-6-2)13(11)16-7-3/h8-9H,5-7H2,1-4H3. The van der Waals surface area contributed by atoms with Crippen molar-refractivity contribution in [2.75, 3.05) is 19.8 Å². The molecular weight excluding hydrogens is 204 g/mol. The third-order valence-electron chi connectivity index (χ3n) is 2.15. The van der Waals surface area contributed by atoms with Crippen LogP contribution in [0, 0.1) is 6.92 Å². The summed E-state index contributed by atoms with van der Waals surface area (Å²) in [6, 6.07) is 3.91. The normalized spacial score (nSPS) is 10.0. The maximum atomic E-state index is 5.60. The molecule has 0 bridgehead atoms. The second-order valence-electron chi connectivity index (χ2n) is 3.34. The number of benzene rings is 1. The Morgan fingerprint density at radius 3 is 1.94 bits per heavy atom. The number of rotatable bonds is 6. The van der Waals surface area contributed by atoms with E-state index >= 15 is 0 Å². The van der Waals surface area contributed by atoms with Gasteiger partial charge < -0.3 is 14.2 Å². The van der Waals surface area contributed by atoms with E-state index in [4.69, 9.17) is 14.2 Å². The third kappa shape index (κ3) is 2.81. The molecule has 3 nitrogen and oxygen atoms in total. The summed E-state index contributed by atoms with van der Waals surface area (Å²) in [6.07, 6.45) is 0. The van der Waals surface area contributed by atoms with Crippen molar-refractivity contribution in [1.82, 2.24) is 0 Å². The van der Waals surface area contributed by atoms with E-state index in [9.17, 15) is 0 Å². The minimum atomic E-state index is 0.601. The average molecular weight is 224 g/mol. The number of aryl methyl sites for hydroxylation is 1. The SMILES string of the molecule is CCOc1ccc(C)c(OCC)c1OCC. The zero-order valence-electron chi connectivity index (χ0n) is 10.5. The van der Waals surface area contributed by atoms with Gasteiger partial charge in [-0.2, -0.15) is 0 Å². The summed E-state index contributed by atoms with van der Waals surface area (Å²) in [5.74, 6) is 2.25. The predicted octanol–water partition coefficient (Wildman–Crippen LogP) is 3.19. The largest absolute Gasteiger partial charge is 0.490 e. The van der Waals surface area contributed by atoms with E-state index in [0.717, 1.165) is 17.1 Å². The lowest BCUT2D eigenvalue weighted by molar-refractivity contribution is 0.259. The highest BCUT2D eigenvalue weighted by molar-refractivity contribution is 5.55. The molecule has 0 fully saturated rings. The quantitative estimate of drug-likeness (QED) is 0.742. The van der Waals surface area contributed by atoms with Gasteiger partial charge in [0.2, 0.25) is 5.75 Å². The summed E-state index contributed by atoms with van der Waals surface area (Å²) < 4.78 is 16.7. The van der Waals surface area contributed by atoms with Gasteiger partial charge in [-0.05, 0) is 39.3 Å². The van der Waals surface area contributed by atoms with Crippen LogP contribution in [0.15, 0.2) is 12.1 Å². The van der Waals surface area contributed by atoms with Crippen molar-refractivity contribution in [3.05, 3.63) is 17.7 Å². The van der Waals surface area contributed by atoms with Crippen LogP contribution in [0.3, 0.4) is 0 Å². The fourth-order valence-electron chi connectivity index (χ4n) is 1.52. The van der Waals surface area contributed by atoms with Gasteiger partial charge in [0.25, 0.3) is 0 Å². The van der Waals surface area contributed by atoms with Crippen molar-refractivity contribution >= 4 is 0 Å². The number of hydrogen-bond acceptors (Lipinski definition) is 3. The molecule has 0 aliphatic heterocycles. The lowest BCUT2D eigenvalue weighted by Crippen LogP contribution is -2.03. The first-order valence-corrected chi connectivity index (χ1v) is 5.76. The van der Waals surface area contributed by atoms with Gasteiger partial charge in [0, 0.05) is 0 Å². The summed E-state index contributed by atoms with van der Waals surface area (Å²) in [5, 5.41) is 0. The van der Waals surface area contributed by atoms with Gasteiger partial charge in [-0.25, -0.2) is 0 Å². The molecule has 0 unspecified atom stereocenters. The van der Waals surface area contributed by atoms with E-state index in [-0.39, 0.29) is 0 Å². The maximum absolute atomic E-state index is 5.60. The first kappa shape index (κ1) is 12.7. The Morgan fingerprint density at radius 2 is 1.38 bits per heavy atom. The molecule has 0 heterocycles. The topological polar surface area (TPSA) is 27.7 Å². The van der Waals surface area contributed by atoms with Crippen LogP contribution in [0.1, 0.15) is 26.3 Å². The molecule has 1 aromatic carbocycles. The van der Waals surface area contributed by atoms with Gasteiger partial charge in [-0.15, -0.1) is 0 Å². The molecule has 0 N–H and O–H groups in total. The minimum Gasteiger partial charge on any atom is -0.490 e. The molecule has 0 saturated heterocycles. The van der Waals surface area contributed by atoms with Gasteiger partial charge in [0.05, 0.1) is 19.8 Å². The van der Waals surface area contributed by atoms with Crippen LogP contribution in [0.4, 0.5) is 0 Å². The summed E-state index contributed by atoms with van der Waals surface area (Å²) in [4.78, 5) is 0. The van der Waals surface area contributed by atoms with Gasteiger partial charge >= 0.3 is 0 Å². The van der Waals surface area contributed by atoms with E-state index in [1.54, 1.807) is 0 Å². The van der Waals surface area contributed by atoms with Gasteiger partial charge in [0.1, 0.15) is 0 Å². The molecule has 1 rings (SSSR count). The van der Waals surface area contributed by atoms with E-state index in [1.165, 1.54) is 0 Å². The highest BCUT2D eigenvalue weighted by Crippen LogP contribution is 2.40. The summed E-state index contributed by atoms with van der Waals surface area (Å²) in [7, 11) is 0. The fraction of sp³-hybridized carbons (Fsp3) is 0.538. The first-order valence-electron chi connectivity index (χ1n) is 5.76. The lowest BCUT2D eigenvalue weighted by Gasteiger charge is -2.16. The van der Waals surface area contributed by atoms with Crippen LogP contribution in [-0.2, 0) is 0 Å². The Labute approximate surface area is 97.3 Å². The lowest BCUT2D eigenvalue weighted by atomic mass is 10.2. The van der Waals surface area contributed by atoms with Crippen molar-refractivity contribution in [2.45, 2.75) is 27.7 Å². The molecule has 90 valence electrons. The summed E-state index contributed by atoms with van der Waals surface area (Å²) in [5.41, 5.74) is 1.06. The van der Waals surface area contributed by atoms with Gasteiger partial charge in [0.15, 0.2) is 11.5 Å². The molecule has 0 aliphatic rings. The van der Waals surface area contributed by atoms with Gasteiger partial charge in [-0.3, -0.25) is 0 Å². The molecule has 16 heavy (non-hydrogen) atoms. The molecule has 0 aromatic heterocycles. The molecule has 3 heteroatoms. The Kier molecular flexibility index (Phi) is 4.96. The van der Waals surface area contributed by atoms with Crippen LogP contribution < -0.4 is 14.2 Å². The molecular formula is C13H20O3. The Morgan fingerprint density at radius 1 is 0.812 bits per heavy atom. The average Bonchev–Trinajstić information content (AvgIpc) is 2.27. The second-order valence-corrected chi connectivity index (χ2v) is 3.34.